The molecule has 158 valence electrons. The van der Waals surface area contributed by atoms with Gasteiger partial charge in [0, 0.05) is 44.0 Å². The van der Waals surface area contributed by atoms with E-state index in [1.807, 2.05) is 74.5 Å². The Balaban J connectivity index is 1.84. The summed E-state index contributed by atoms with van der Waals surface area (Å²) in [6.07, 6.45) is 7.88. The van der Waals surface area contributed by atoms with E-state index in [0.717, 1.165) is 23.2 Å². The number of halogens is 1. The van der Waals surface area contributed by atoms with Crippen molar-refractivity contribution in [1.29, 1.82) is 0 Å². The van der Waals surface area contributed by atoms with Crippen molar-refractivity contribution < 1.29 is 9.18 Å². The van der Waals surface area contributed by atoms with Crippen LogP contribution in [0.3, 0.4) is 0 Å². The van der Waals surface area contributed by atoms with Gasteiger partial charge in [-0.05, 0) is 60.5 Å². The topological polar surface area (TPSA) is 48.8 Å². The number of allylic oxidation sites excluding steroid dienone is 1. The number of pyridine rings is 1. The molecule has 0 spiro atoms. The molecule has 3 rings (SSSR count). The summed E-state index contributed by atoms with van der Waals surface area (Å²) in [4.78, 5) is 23.9. The van der Waals surface area contributed by atoms with Crippen molar-refractivity contribution >= 4 is 35.3 Å². The van der Waals surface area contributed by atoms with Crippen LogP contribution in [-0.4, -0.2) is 31.2 Å². The fraction of sp³-hybridized carbons (Fsp3) is 0.160. The lowest BCUT2D eigenvalue weighted by molar-refractivity contribution is -0.107. The first kappa shape index (κ1) is 21.9. The average molecular weight is 417 g/mol. The van der Waals surface area contributed by atoms with E-state index in [9.17, 15) is 9.18 Å². The largest absolute Gasteiger partial charge is 0.378 e. The van der Waals surface area contributed by atoms with E-state index >= 15 is 0 Å². The predicted octanol–water partition coefficient (Wildman–Crippen LogP) is 5.26. The van der Waals surface area contributed by atoms with Crippen LogP contribution < -0.4 is 9.80 Å². The van der Waals surface area contributed by atoms with Gasteiger partial charge in [0.05, 0.1) is 17.9 Å². The molecule has 0 atom stereocenters. The third kappa shape index (κ3) is 6.09. The van der Waals surface area contributed by atoms with Crippen LogP contribution in [0.4, 0.5) is 21.5 Å². The van der Waals surface area contributed by atoms with Gasteiger partial charge in [-0.15, -0.1) is 0 Å². The van der Waals surface area contributed by atoms with Crippen molar-refractivity contribution in [3.63, 3.8) is 0 Å². The maximum atomic E-state index is 13.9. The van der Waals surface area contributed by atoms with Crippen molar-refractivity contribution in [2.24, 2.45) is 4.99 Å². The number of nitrogens with zero attached hydrogens (tertiary/aromatic N) is 4. The Labute approximate surface area is 182 Å². The Morgan fingerprint density at radius 3 is 2.42 bits per heavy atom. The number of anilines is 2. The molecule has 0 aliphatic rings. The van der Waals surface area contributed by atoms with Crippen molar-refractivity contribution in [3.05, 3.63) is 90.0 Å². The van der Waals surface area contributed by atoms with Crippen molar-refractivity contribution in [2.75, 3.05) is 23.9 Å². The molecule has 0 bridgehead atoms. The first-order valence-electron chi connectivity index (χ1n) is 9.87. The molecule has 0 unspecified atom stereocenters. The quantitative estimate of drug-likeness (QED) is 0.372. The van der Waals surface area contributed by atoms with Crippen LogP contribution in [0.25, 0.3) is 6.08 Å². The van der Waals surface area contributed by atoms with Gasteiger partial charge in [0.15, 0.2) is 0 Å². The second-order valence-electron chi connectivity index (χ2n) is 7.29. The Kier molecular flexibility index (Phi) is 7.27. The average Bonchev–Trinajstić information content (AvgIpc) is 2.77. The van der Waals surface area contributed by atoms with Crippen LogP contribution in [0.5, 0.6) is 0 Å². The normalized spacial score (nSPS) is 11.5. The van der Waals surface area contributed by atoms with Crippen molar-refractivity contribution in [1.82, 2.24) is 4.98 Å². The van der Waals surface area contributed by atoms with Gasteiger partial charge >= 0.3 is 0 Å². The summed E-state index contributed by atoms with van der Waals surface area (Å²) in [6, 6.07) is 16.0. The minimum Gasteiger partial charge on any atom is -0.378 e. The fourth-order valence-electron chi connectivity index (χ4n) is 3.02. The van der Waals surface area contributed by atoms with Gasteiger partial charge in [0.25, 0.3) is 0 Å². The summed E-state index contributed by atoms with van der Waals surface area (Å²) in [5.41, 5.74) is 4.70. The fourth-order valence-corrected chi connectivity index (χ4v) is 3.02. The summed E-state index contributed by atoms with van der Waals surface area (Å²) >= 11 is 0. The van der Waals surface area contributed by atoms with Crippen LogP contribution in [-0.2, 0) is 11.3 Å². The number of carbonyl (C=O) groups excluding carboxylic acids is 1. The zero-order chi connectivity index (χ0) is 22.2. The van der Waals surface area contributed by atoms with E-state index < -0.39 is 5.82 Å². The summed E-state index contributed by atoms with van der Waals surface area (Å²) in [5.74, 6) is -0.409. The number of hydrogen-bond donors (Lipinski definition) is 0. The Morgan fingerprint density at radius 2 is 1.77 bits per heavy atom. The molecule has 1 heterocycles. The van der Waals surface area contributed by atoms with E-state index in [1.165, 1.54) is 17.0 Å². The number of carbonyl (C=O) groups is 1. The van der Waals surface area contributed by atoms with Crippen molar-refractivity contribution in [2.45, 2.75) is 13.5 Å². The van der Waals surface area contributed by atoms with Crippen LogP contribution in [0.1, 0.15) is 18.1 Å². The SMILES string of the molecule is CC(/C=C/c1ccc(N(C)C)cc1)=Nc1cc(F)ccc1N(C=O)Cc1ccncc1. The zero-order valence-electron chi connectivity index (χ0n) is 17.9. The number of aliphatic imine (C=N–C) groups is 1. The second kappa shape index (κ2) is 10.3. The van der Waals surface area contributed by atoms with E-state index in [1.54, 1.807) is 18.5 Å². The van der Waals surface area contributed by atoms with Gasteiger partial charge in [-0.1, -0.05) is 18.2 Å². The summed E-state index contributed by atoms with van der Waals surface area (Å²) in [7, 11) is 3.99. The molecule has 0 aliphatic heterocycles. The highest BCUT2D eigenvalue weighted by Gasteiger charge is 2.12. The number of amides is 1. The number of hydrogen-bond acceptors (Lipinski definition) is 4. The number of benzene rings is 2. The van der Waals surface area contributed by atoms with E-state index in [2.05, 4.69) is 9.98 Å². The molecule has 31 heavy (non-hydrogen) atoms. The smallest absolute Gasteiger partial charge is 0.214 e. The molecule has 0 saturated carbocycles. The van der Waals surface area contributed by atoms with Crippen LogP contribution in [0, 0.1) is 5.82 Å². The third-order valence-corrected chi connectivity index (χ3v) is 4.70. The van der Waals surface area contributed by atoms with Crippen LogP contribution >= 0.6 is 0 Å². The minimum absolute atomic E-state index is 0.341. The molecule has 0 fully saturated rings. The second-order valence-corrected chi connectivity index (χ2v) is 7.29. The predicted molar refractivity (Wildman–Crippen MR) is 125 cm³/mol. The standard InChI is InChI=1S/C25H25FN4O/c1-19(4-5-20-6-9-23(10-7-20)29(2)3)28-24-16-22(26)8-11-25(24)30(18-31)17-21-12-14-27-15-13-21/h4-16,18H,17H2,1-3H3/b5-4+,28-19?. The molecule has 0 radical (unpaired) electrons. The maximum Gasteiger partial charge on any atom is 0.214 e. The van der Waals surface area contributed by atoms with E-state index in [-0.39, 0.29) is 0 Å². The third-order valence-electron chi connectivity index (χ3n) is 4.70. The maximum absolute atomic E-state index is 13.9. The highest BCUT2D eigenvalue weighted by atomic mass is 19.1. The molecule has 5 nitrogen and oxygen atoms in total. The van der Waals surface area contributed by atoms with Gasteiger partial charge in [0.2, 0.25) is 6.41 Å². The Hall–Kier alpha value is -3.80. The first-order chi connectivity index (χ1) is 15.0. The van der Waals surface area contributed by atoms with Gasteiger partial charge in [-0.25, -0.2) is 4.39 Å². The van der Waals surface area contributed by atoms with Crippen LogP contribution in [0.2, 0.25) is 0 Å². The Bertz CT molecular complexity index is 1080. The van der Waals surface area contributed by atoms with Gasteiger partial charge in [-0.3, -0.25) is 14.8 Å². The van der Waals surface area contributed by atoms with Crippen molar-refractivity contribution in [3.8, 4) is 0 Å². The van der Waals surface area contributed by atoms with E-state index in [0.29, 0.717) is 23.6 Å². The van der Waals surface area contributed by atoms with Gasteiger partial charge in [0.1, 0.15) is 5.82 Å². The zero-order valence-corrected chi connectivity index (χ0v) is 17.9. The number of rotatable bonds is 8. The molecule has 1 amide bonds. The lowest BCUT2D eigenvalue weighted by Crippen LogP contribution is -2.20. The van der Waals surface area contributed by atoms with Gasteiger partial charge in [-0.2, -0.15) is 0 Å². The molecule has 1 aromatic heterocycles. The highest BCUT2D eigenvalue weighted by molar-refractivity contribution is 5.99. The molecule has 2 aromatic carbocycles. The molecule has 0 N–H and O–H groups in total. The monoisotopic (exact) mass is 416 g/mol. The molecular weight excluding hydrogens is 391 g/mol. The highest BCUT2D eigenvalue weighted by Crippen LogP contribution is 2.30. The summed E-state index contributed by atoms with van der Waals surface area (Å²) in [6.45, 7) is 2.18. The van der Waals surface area contributed by atoms with E-state index in [4.69, 9.17) is 0 Å². The van der Waals surface area contributed by atoms with Crippen LogP contribution in [0.15, 0.2) is 78.1 Å². The molecule has 3 aromatic rings. The Morgan fingerprint density at radius 1 is 1.06 bits per heavy atom. The molecule has 0 aliphatic carbocycles. The minimum atomic E-state index is -0.409. The van der Waals surface area contributed by atoms with Gasteiger partial charge < -0.3 is 9.80 Å². The number of aromatic nitrogens is 1. The lowest BCUT2D eigenvalue weighted by Gasteiger charge is -2.19. The first-order valence-corrected chi connectivity index (χ1v) is 9.87. The summed E-state index contributed by atoms with van der Waals surface area (Å²) < 4.78 is 13.9. The molecular formula is C25H25FN4O. The lowest BCUT2D eigenvalue weighted by atomic mass is 10.1. The summed E-state index contributed by atoms with van der Waals surface area (Å²) in [5, 5.41) is 0. The molecule has 0 saturated heterocycles. The molecule has 6 heteroatoms.